The highest BCUT2D eigenvalue weighted by atomic mass is 32.1. The summed E-state index contributed by atoms with van der Waals surface area (Å²) >= 11 is 1.63. The van der Waals surface area contributed by atoms with E-state index in [1.165, 1.54) is 10.4 Å². The average molecular weight is 392 g/mol. The quantitative estimate of drug-likeness (QED) is 0.775. The minimum absolute atomic E-state index is 0.0779. The van der Waals surface area contributed by atoms with Crippen LogP contribution >= 0.6 is 11.3 Å². The average Bonchev–Trinajstić information content (AvgIpc) is 3.11. The van der Waals surface area contributed by atoms with E-state index >= 15 is 0 Å². The van der Waals surface area contributed by atoms with Crippen molar-refractivity contribution >= 4 is 23.2 Å². The summed E-state index contributed by atoms with van der Waals surface area (Å²) in [7, 11) is 0. The Bertz CT molecular complexity index is 673. The van der Waals surface area contributed by atoms with Crippen LogP contribution in [0.5, 0.6) is 0 Å². The number of rotatable bonds is 5. The largest absolute Gasteiger partial charge is 0.340 e. The Hall–Kier alpha value is -1.40. The lowest BCUT2D eigenvalue weighted by atomic mass is 9.87. The molecule has 2 heterocycles. The van der Waals surface area contributed by atoms with Gasteiger partial charge in [-0.25, -0.2) is 0 Å². The van der Waals surface area contributed by atoms with Crippen LogP contribution < -0.4 is 0 Å². The molecule has 1 aliphatic heterocycles. The summed E-state index contributed by atoms with van der Waals surface area (Å²) in [4.78, 5) is 34.2. The molecule has 0 radical (unpaired) electrons. The molecule has 5 nitrogen and oxygen atoms in total. The van der Waals surface area contributed by atoms with Gasteiger partial charge in [0.15, 0.2) is 0 Å². The fourth-order valence-electron chi connectivity index (χ4n) is 4.22. The van der Waals surface area contributed by atoms with E-state index in [1.807, 2.05) is 18.7 Å². The molecule has 1 aromatic rings. The second-order valence-electron chi connectivity index (χ2n) is 7.93. The first-order valence-corrected chi connectivity index (χ1v) is 11.2. The molecule has 3 rings (SSSR count). The van der Waals surface area contributed by atoms with Gasteiger partial charge >= 0.3 is 0 Å². The van der Waals surface area contributed by atoms with E-state index in [0.29, 0.717) is 11.9 Å². The summed E-state index contributed by atoms with van der Waals surface area (Å²) < 4.78 is 0. The van der Waals surface area contributed by atoms with E-state index < -0.39 is 0 Å². The molecule has 2 aliphatic rings. The first-order valence-electron chi connectivity index (χ1n) is 10.4. The Morgan fingerprint density at radius 2 is 1.85 bits per heavy atom. The second kappa shape index (κ2) is 8.74. The minimum Gasteiger partial charge on any atom is -0.340 e. The first kappa shape index (κ1) is 20.3. The van der Waals surface area contributed by atoms with Crippen LogP contribution in [0.25, 0.3) is 0 Å². The number of fused-ring (bicyclic) bond motifs is 1. The van der Waals surface area contributed by atoms with E-state index in [2.05, 4.69) is 29.7 Å². The van der Waals surface area contributed by atoms with Crippen LogP contribution in [0.3, 0.4) is 0 Å². The third-order valence-electron chi connectivity index (χ3n) is 6.05. The Kier molecular flexibility index (Phi) is 6.58. The normalized spacial score (nSPS) is 20.6. The van der Waals surface area contributed by atoms with Gasteiger partial charge in [0.2, 0.25) is 5.91 Å². The van der Waals surface area contributed by atoms with E-state index in [1.54, 1.807) is 11.3 Å². The van der Waals surface area contributed by atoms with Crippen molar-refractivity contribution < 1.29 is 9.59 Å². The molecule has 1 aliphatic carbocycles. The fraction of sp³-hybridized carbons (Fsp3) is 0.714. The summed E-state index contributed by atoms with van der Waals surface area (Å²) in [5.74, 6) is 0.521. The zero-order valence-electron chi connectivity index (χ0n) is 17.2. The molecule has 1 fully saturated rings. The maximum atomic E-state index is 13.0. The lowest BCUT2D eigenvalue weighted by Crippen LogP contribution is -2.52. The molecule has 0 aromatic carbocycles. The number of hydrogen-bond donors (Lipinski definition) is 0. The molecule has 27 heavy (non-hydrogen) atoms. The molecule has 0 spiro atoms. The number of amides is 2. The summed E-state index contributed by atoms with van der Waals surface area (Å²) in [5.41, 5.74) is 1.22. The van der Waals surface area contributed by atoms with Gasteiger partial charge < -0.3 is 9.80 Å². The van der Waals surface area contributed by atoms with Crippen molar-refractivity contribution in [2.45, 2.75) is 53.0 Å². The Labute approximate surface area is 167 Å². The van der Waals surface area contributed by atoms with Gasteiger partial charge in [-0.05, 0) is 58.6 Å². The van der Waals surface area contributed by atoms with Crippen molar-refractivity contribution in [2.24, 2.45) is 5.92 Å². The van der Waals surface area contributed by atoms with Gasteiger partial charge in [-0.2, -0.15) is 0 Å². The smallest absolute Gasteiger partial charge is 0.263 e. The number of thiophene rings is 1. The molecule has 1 saturated heterocycles. The maximum absolute atomic E-state index is 13.0. The number of hydrogen-bond acceptors (Lipinski definition) is 4. The van der Waals surface area contributed by atoms with Crippen molar-refractivity contribution in [3.8, 4) is 0 Å². The van der Waals surface area contributed by atoms with Gasteiger partial charge in [0.05, 0.1) is 4.88 Å². The van der Waals surface area contributed by atoms with Crippen LogP contribution in [0.2, 0.25) is 0 Å². The Balaban J connectivity index is 1.63. The van der Waals surface area contributed by atoms with Crippen LogP contribution in [0.15, 0.2) is 6.07 Å². The summed E-state index contributed by atoms with van der Waals surface area (Å²) in [6.45, 7) is 13.6. The van der Waals surface area contributed by atoms with Gasteiger partial charge in [0, 0.05) is 56.1 Å². The van der Waals surface area contributed by atoms with E-state index in [4.69, 9.17) is 0 Å². The topological polar surface area (TPSA) is 43.9 Å². The zero-order chi connectivity index (χ0) is 19.6. The molecule has 2 amide bonds. The van der Waals surface area contributed by atoms with Crippen molar-refractivity contribution in [1.82, 2.24) is 14.7 Å². The highest BCUT2D eigenvalue weighted by Crippen LogP contribution is 2.34. The van der Waals surface area contributed by atoms with Crippen LogP contribution in [-0.2, 0) is 17.6 Å². The van der Waals surface area contributed by atoms with Crippen LogP contribution in [0.1, 0.15) is 54.2 Å². The molecule has 1 atom stereocenters. The number of aryl methyl sites for hydroxylation is 1. The lowest BCUT2D eigenvalue weighted by molar-refractivity contribution is -0.137. The Morgan fingerprint density at radius 3 is 2.44 bits per heavy atom. The van der Waals surface area contributed by atoms with Gasteiger partial charge in [0.1, 0.15) is 0 Å². The molecular formula is C21H33N3O2S. The molecular weight excluding hydrogens is 358 g/mol. The maximum Gasteiger partial charge on any atom is 0.263 e. The number of nitrogens with zero attached hydrogens (tertiary/aromatic N) is 3. The standard InChI is InChI=1S/C21H33N3O2S/c1-5-22(6-2)21(26)19-14-17-13-16(7-8-18(17)27-19)20(25)24-11-9-23(10-12-24)15(3)4/h14-16H,5-13H2,1-4H3. The van der Waals surface area contributed by atoms with Crippen LogP contribution in [-0.4, -0.2) is 71.8 Å². The van der Waals surface area contributed by atoms with Crippen molar-refractivity contribution in [3.05, 3.63) is 21.4 Å². The van der Waals surface area contributed by atoms with Gasteiger partial charge in [-0.3, -0.25) is 14.5 Å². The molecule has 0 saturated carbocycles. The molecule has 1 unspecified atom stereocenters. The summed E-state index contributed by atoms with van der Waals surface area (Å²) in [6.07, 6.45) is 2.63. The van der Waals surface area contributed by atoms with E-state index in [9.17, 15) is 9.59 Å². The van der Waals surface area contributed by atoms with Gasteiger partial charge in [-0.1, -0.05) is 0 Å². The molecule has 0 N–H and O–H groups in total. The monoisotopic (exact) mass is 391 g/mol. The molecule has 1 aromatic heterocycles. The Morgan fingerprint density at radius 1 is 1.19 bits per heavy atom. The van der Waals surface area contributed by atoms with Crippen molar-refractivity contribution in [2.75, 3.05) is 39.3 Å². The third kappa shape index (κ3) is 4.37. The molecule has 6 heteroatoms. The second-order valence-corrected chi connectivity index (χ2v) is 9.07. The summed E-state index contributed by atoms with van der Waals surface area (Å²) in [5, 5.41) is 0. The number of carbonyl (C=O) groups is 2. The molecule has 0 bridgehead atoms. The predicted molar refractivity (Wildman–Crippen MR) is 110 cm³/mol. The van der Waals surface area contributed by atoms with Crippen molar-refractivity contribution in [3.63, 3.8) is 0 Å². The number of carbonyl (C=O) groups excluding carboxylic acids is 2. The highest BCUT2D eigenvalue weighted by molar-refractivity contribution is 7.14. The van der Waals surface area contributed by atoms with Crippen LogP contribution in [0.4, 0.5) is 0 Å². The zero-order valence-corrected chi connectivity index (χ0v) is 18.0. The van der Waals surface area contributed by atoms with E-state index in [-0.39, 0.29) is 11.8 Å². The predicted octanol–water partition coefficient (Wildman–Crippen LogP) is 2.89. The number of piperazine rings is 1. The first-order chi connectivity index (χ1) is 12.9. The lowest BCUT2D eigenvalue weighted by Gasteiger charge is -2.38. The minimum atomic E-state index is 0.0779. The fourth-order valence-corrected chi connectivity index (χ4v) is 5.40. The molecule has 150 valence electrons. The van der Waals surface area contributed by atoms with Gasteiger partial charge in [-0.15, -0.1) is 11.3 Å². The highest BCUT2D eigenvalue weighted by Gasteiger charge is 2.32. The SMILES string of the molecule is CCN(CC)C(=O)c1cc2c(s1)CCC(C(=O)N1CCN(C(C)C)CC1)C2. The van der Waals surface area contributed by atoms with E-state index in [0.717, 1.165) is 63.4 Å². The van der Waals surface area contributed by atoms with Crippen LogP contribution in [0, 0.1) is 5.92 Å². The summed E-state index contributed by atoms with van der Waals surface area (Å²) in [6, 6.07) is 2.60. The third-order valence-corrected chi connectivity index (χ3v) is 7.27. The van der Waals surface area contributed by atoms with Crippen molar-refractivity contribution in [1.29, 1.82) is 0 Å². The van der Waals surface area contributed by atoms with Gasteiger partial charge in [0.25, 0.3) is 5.91 Å².